The van der Waals surface area contributed by atoms with E-state index in [0.29, 0.717) is 5.56 Å². The largest absolute Gasteiger partial charge is 0.382 e. The summed E-state index contributed by atoms with van der Waals surface area (Å²) in [6.07, 6.45) is 3.35. The highest BCUT2D eigenvalue weighted by molar-refractivity contribution is 6.05. The molecule has 6 heteroatoms. The van der Waals surface area contributed by atoms with E-state index < -0.39 is 0 Å². The number of pyridine rings is 1. The molecule has 0 spiro atoms. The molecule has 28 heavy (non-hydrogen) atoms. The first-order valence-corrected chi connectivity index (χ1v) is 9.83. The van der Waals surface area contributed by atoms with Crippen molar-refractivity contribution in [1.29, 1.82) is 0 Å². The lowest BCUT2D eigenvalue weighted by Crippen LogP contribution is -2.39. The van der Waals surface area contributed by atoms with Crippen molar-refractivity contribution in [3.8, 4) is 0 Å². The number of hydrogen-bond acceptors (Lipinski definition) is 5. The van der Waals surface area contributed by atoms with Crippen LogP contribution in [0, 0.1) is 0 Å². The van der Waals surface area contributed by atoms with E-state index in [1.807, 2.05) is 24.3 Å². The Morgan fingerprint density at radius 1 is 1.18 bits per heavy atom. The van der Waals surface area contributed by atoms with Crippen LogP contribution in [0.3, 0.4) is 0 Å². The van der Waals surface area contributed by atoms with E-state index >= 15 is 0 Å². The Morgan fingerprint density at radius 2 is 1.93 bits per heavy atom. The Hall–Kier alpha value is -2.44. The highest BCUT2D eigenvalue weighted by atomic mass is 16.5. The molecular weight excluding hydrogens is 352 g/mol. The molecule has 0 aliphatic carbocycles. The number of morpholine rings is 1. The van der Waals surface area contributed by atoms with Crippen molar-refractivity contribution in [2.45, 2.75) is 26.2 Å². The second-order valence-corrected chi connectivity index (χ2v) is 8.09. The van der Waals surface area contributed by atoms with Gasteiger partial charge in [-0.1, -0.05) is 39.0 Å². The van der Waals surface area contributed by atoms with Gasteiger partial charge in [-0.15, -0.1) is 0 Å². The van der Waals surface area contributed by atoms with Gasteiger partial charge < -0.3 is 15.4 Å². The summed E-state index contributed by atoms with van der Waals surface area (Å²) in [5.74, 6) is -0.152. The smallest absolute Gasteiger partial charge is 0.257 e. The third kappa shape index (κ3) is 5.53. The Kier molecular flexibility index (Phi) is 6.65. The van der Waals surface area contributed by atoms with E-state index in [-0.39, 0.29) is 11.3 Å². The predicted molar refractivity (Wildman–Crippen MR) is 113 cm³/mol. The van der Waals surface area contributed by atoms with Crippen molar-refractivity contribution < 1.29 is 9.53 Å². The molecule has 1 aromatic carbocycles. The number of para-hydroxylation sites is 1. The molecular formula is C22H30N4O2. The summed E-state index contributed by atoms with van der Waals surface area (Å²) >= 11 is 0. The van der Waals surface area contributed by atoms with E-state index in [9.17, 15) is 4.79 Å². The number of amides is 1. The van der Waals surface area contributed by atoms with Gasteiger partial charge in [0.15, 0.2) is 0 Å². The summed E-state index contributed by atoms with van der Waals surface area (Å²) in [7, 11) is 0. The first kappa shape index (κ1) is 20.3. The molecule has 1 aromatic heterocycles. The molecule has 3 rings (SSSR count). The second-order valence-electron chi connectivity index (χ2n) is 8.09. The van der Waals surface area contributed by atoms with Crippen molar-refractivity contribution >= 4 is 17.3 Å². The van der Waals surface area contributed by atoms with Gasteiger partial charge in [0.1, 0.15) is 0 Å². The summed E-state index contributed by atoms with van der Waals surface area (Å²) in [6, 6.07) is 9.78. The zero-order chi connectivity index (χ0) is 20.0. The number of carbonyl (C=O) groups excluding carboxylic acids is 1. The molecule has 150 valence electrons. The fourth-order valence-electron chi connectivity index (χ4n) is 3.28. The molecule has 2 N–H and O–H groups in total. The molecule has 0 bridgehead atoms. The fourth-order valence-corrected chi connectivity index (χ4v) is 3.28. The number of aromatic nitrogens is 1. The maximum absolute atomic E-state index is 12.8. The van der Waals surface area contributed by atoms with Crippen molar-refractivity contribution in [2.75, 3.05) is 50.0 Å². The third-order valence-corrected chi connectivity index (χ3v) is 4.84. The van der Waals surface area contributed by atoms with Crippen LogP contribution in [0.5, 0.6) is 0 Å². The minimum Gasteiger partial charge on any atom is -0.382 e. The normalized spacial score (nSPS) is 15.2. The van der Waals surface area contributed by atoms with Crippen LogP contribution in [-0.4, -0.2) is 55.2 Å². The topological polar surface area (TPSA) is 66.5 Å². The maximum atomic E-state index is 12.8. The summed E-state index contributed by atoms with van der Waals surface area (Å²) in [4.78, 5) is 19.4. The Bertz CT molecular complexity index is 795. The zero-order valence-electron chi connectivity index (χ0n) is 17.0. The highest BCUT2D eigenvalue weighted by Crippen LogP contribution is 2.29. The maximum Gasteiger partial charge on any atom is 0.257 e. The molecule has 1 aliphatic heterocycles. The highest BCUT2D eigenvalue weighted by Gasteiger charge is 2.19. The van der Waals surface area contributed by atoms with Gasteiger partial charge in [-0.25, -0.2) is 0 Å². The first-order chi connectivity index (χ1) is 13.4. The second kappa shape index (κ2) is 9.17. The van der Waals surface area contributed by atoms with Gasteiger partial charge in [0.25, 0.3) is 5.91 Å². The van der Waals surface area contributed by atoms with Gasteiger partial charge >= 0.3 is 0 Å². The molecule has 0 unspecified atom stereocenters. The number of nitrogens with one attached hydrogen (secondary N) is 2. The molecule has 1 saturated heterocycles. The van der Waals surface area contributed by atoms with Crippen molar-refractivity contribution in [1.82, 2.24) is 9.88 Å². The van der Waals surface area contributed by atoms with E-state index in [1.165, 1.54) is 0 Å². The van der Waals surface area contributed by atoms with Crippen LogP contribution in [0.15, 0.2) is 42.7 Å². The molecule has 1 amide bonds. The van der Waals surface area contributed by atoms with Crippen molar-refractivity contribution in [3.63, 3.8) is 0 Å². The van der Waals surface area contributed by atoms with Gasteiger partial charge in [0, 0.05) is 44.3 Å². The van der Waals surface area contributed by atoms with Gasteiger partial charge in [0.2, 0.25) is 0 Å². The van der Waals surface area contributed by atoms with E-state index in [4.69, 9.17) is 4.74 Å². The summed E-state index contributed by atoms with van der Waals surface area (Å²) in [6.45, 7) is 11.7. The fraction of sp³-hybridized carbons (Fsp3) is 0.455. The van der Waals surface area contributed by atoms with Crippen LogP contribution in [-0.2, 0) is 10.2 Å². The Balaban J connectivity index is 1.61. The van der Waals surface area contributed by atoms with Crippen LogP contribution in [0.2, 0.25) is 0 Å². The average molecular weight is 383 g/mol. The standard InChI is InChI=1S/C22H30N4O2/c1-22(2,3)19-6-4-5-7-20(19)25-21(27)17-14-18(16-23-15-17)24-8-9-26-10-12-28-13-11-26/h4-7,14-16,24H,8-13H2,1-3H3,(H,25,27). The molecule has 1 aliphatic rings. The molecule has 2 aromatic rings. The first-order valence-electron chi connectivity index (χ1n) is 9.83. The number of carbonyl (C=O) groups is 1. The van der Waals surface area contributed by atoms with Crippen molar-refractivity contribution in [2.24, 2.45) is 0 Å². The van der Waals surface area contributed by atoms with Crippen LogP contribution >= 0.6 is 0 Å². The summed E-state index contributed by atoms with van der Waals surface area (Å²) < 4.78 is 5.37. The predicted octanol–water partition coefficient (Wildman–Crippen LogP) is 3.38. The van der Waals surface area contributed by atoms with Gasteiger partial charge in [-0.05, 0) is 23.1 Å². The number of anilines is 2. The monoisotopic (exact) mass is 382 g/mol. The molecule has 1 fully saturated rings. The zero-order valence-corrected chi connectivity index (χ0v) is 17.0. The summed E-state index contributed by atoms with van der Waals surface area (Å²) in [5.41, 5.74) is 3.29. The van der Waals surface area contributed by atoms with Gasteiger partial charge in [-0.2, -0.15) is 0 Å². The lowest BCUT2D eigenvalue weighted by Gasteiger charge is -2.26. The van der Waals surface area contributed by atoms with E-state index in [1.54, 1.807) is 12.4 Å². The van der Waals surface area contributed by atoms with E-state index in [2.05, 4.69) is 47.4 Å². The summed E-state index contributed by atoms with van der Waals surface area (Å²) in [5, 5.41) is 6.40. The number of ether oxygens (including phenoxy) is 1. The molecule has 2 heterocycles. The van der Waals surface area contributed by atoms with Gasteiger partial charge in [0.05, 0.1) is 24.5 Å². The molecule has 0 saturated carbocycles. The number of rotatable bonds is 6. The third-order valence-electron chi connectivity index (χ3n) is 4.84. The quantitative estimate of drug-likeness (QED) is 0.802. The van der Waals surface area contributed by atoms with Crippen LogP contribution in [0.4, 0.5) is 11.4 Å². The Morgan fingerprint density at radius 3 is 2.68 bits per heavy atom. The minimum absolute atomic E-state index is 0.0506. The van der Waals surface area contributed by atoms with Crippen LogP contribution in [0.25, 0.3) is 0 Å². The van der Waals surface area contributed by atoms with Gasteiger partial charge in [-0.3, -0.25) is 14.7 Å². The lowest BCUT2D eigenvalue weighted by molar-refractivity contribution is 0.0398. The Labute approximate surface area is 167 Å². The number of hydrogen-bond donors (Lipinski definition) is 2. The average Bonchev–Trinajstić information content (AvgIpc) is 2.69. The lowest BCUT2D eigenvalue weighted by atomic mass is 9.86. The molecule has 0 atom stereocenters. The van der Waals surface area contributed by atoms with E-state index in [0.717, 1.165) is 56.3 Å². The van der Waals surface area contributed by atoms with Crippen molar-refractivity contribution in [3.05, 3.63) is 53.9 Å². The minimum atomic E-state index is -0.152. The molecule has 0 radical (unpaired) electrons. The SMILES string of the molecule is CC(C)(C)c1ccccc1NC(=O)c1cncc(NCCN2CCOCC2)c1. The number of nitrogens with zero attached hydrogens (tertiary/aromatic N) is 2. The number of benzene rings is 1. The van der Waals surface area contributed by atoms with Crippen LogP contribution in [0.1, 0.15) is 36.7 Å². The van der Waals surface area contributed by atoms with Crippen LogP contribution < -0.4 is 10.6 Å². The molecule has 6 nitrogen and oxygen atoms in total.